The number of hydrogen-bond acceptors (Lipinski definition) is 3. The summed E-state index contributed by atoms with van der Waals surface area (Å²) >= 11 is 0. The predicted molar refractivity (Wildman–Crippen MR) is 105 cm³/mol. The molecule has 26 heavy (non-hydrogen) atoms. The molecule has 0 atom stereocenters. The lowest BCUT2D eigenvalue weighted by atomic mass is 10.1. The Balaban J connectivity index is 1.62. The lowest BCUT2D eigenvalue weighted by Crippen LogP contribution is -2.29. The molecule has 0 aliphatic heterocycles. The lowest BCUT2D eigenvalue weighted by molar-refractivity contribution is 0.251. The molecule has 0 spiro atoms. The van der Waals surface area contributed by atoms with Gasteiger partial charge in [0.15, 0.2) is 0 Å². The van der Waals surface area contributed by atoms with E-state index in [1.54, 1.807) is 12.4 Å². The first kappa shape index (κ1) is 17.5. The number of para-hydroxylation sites is 2. The van der Waals surface area contributed by atoms with Crippen LogP contribution in [0, 0.1) is 0 Å². The number of amides is 2. The maximum absolute atomic E-state index is 12.2. The zero-order valence-electron chi connectivity index (χ0n) is 14.7. The Morgan fingerprint density at radius 3 is 2.54 bits per heavy atom. The van der Waals surface area contributed by atoms with Crippen molar-refractivity contribution in [2.45, 2.75) is 13.1 Å². The summed E-state index contributed by atoms with van der Waals surface area (Å²) in [6.07, 6.45) is 3.45. The zero-order chi connectivity index (χ0) is 18.2. The first-order chi connectivity index (χ1) is 12.7. The molecule has 5 heteroatoms. The number of urea groups is 1. The minimum atomic E-state index is -0.233. The van der Waals surface area contributed by atoms with Crippen LogP contribution in [0.3, 0.4) is 0 Å². The van der Waals surface area contributed by atoms with Crippen LogP contribution in [0.4, 0.5) is 16.2 Å². The number of hydrogen-bond donors (Lipinski definition) is 2. The summed E-state index contributed by atoms with van der Waals surface area (Å²) in [5.41, 5.74) is 3.94. The Morgan fingerprint density at radius 1 is 1.00 bits per heavy atom. The predicted octanol–water partition coefficient (Wildman–Crippen LogP) is 4.04. The van der Waals surface area contributed by atoms with Gasteiger partial charge in [-0.3, -0.25) is 4.98 Å². The number of benzene rings is 2. The second kappa shape index (κ2) is 8.67. The molecular formula is C21H22N4O. The number of anilines is 2. The molecule has 2 amide bonds. The molecule has 3 aromatic rings. The highest BCUT2D eigenvalue weighted by atomic mass is 16.2. The van der Waals surface area contributed by atoms with Crippen LogP contribution in [0.15, 0.2) is 79.1 Å². The van der Waals surface area contributed by atoms with E-state index in [1.165, 1.54) is 0 Å². The zero-order valence-corrected chi connectivity index (χ0v) is 14.7. The summed E-state index contributed by atoms with van der Waals surface area (Å²) in [6.45, 7) is 1.13. The number of pyridine rings is 1. The summed E-state index contributed by atoms with van der Waals surface area (Å²) in [6, 6.07) is 21.5. The van der Waals surface area contributed by atoms with Crippen molar-refractivity contribution in [1.82, 2.24) is 10.3 Å². The lowest BCUT2D eigenvalue weighted by Gasteiger charge is -2.21. The standard InChI is InChI=1S/C21H22N4O/c1-25(19-10-3-2-4-11-19)16-18-9-5-6-12-20(18)24-21(26)23-15-17-8-7-13-22-14-17/h2-14H,15-16H2,1H3,(H2,23,24,26). The highest BCUT2D eigenvalue weighted by molar-refractivity contribution is 5.90. The minimum absolute atomic E-state index is 0.233. The number of carbonyl (C=O) groups excluding carboxylic acids is 1. The SMILES string of the molecule is CN(Cc1ccccc1NC(=O)NCc1cccnc1)c1ccccc1. The van der Waals surface area contributed by atoms with Crippen LogP contribution < -0.4 is 15.5 Å². The molecule has 0 radical (unpaired) electrons. The Hall–Kier alpha value is -3.34. The van der Waals surface area contributed by atoms with Gasteiger partial charge in [0.2, 0.25) is 0 Å². The number of aromatic nitrogens is 1. The van der Waals surface area contributed by atoms with Gasteiger partial charge in [-0.2, -0.15) is 0 Å². The van der Waals surface area contributed by atoms with Crippen molar-refractivity contribution in [2.75, 3.05) is 17.3 Å². The van der Waals surface area contributed by atoms with E-state index in [0.29, 0.717) is 13.1 Å². The Kier molecular flexibility index (Phi) is 5.83. The molecular weight excluding hydrogens is 324 g/mol. The maximum atomic E-state index is 12.2. The third kappa shape index (κ3) is 4.83. The van der Waals surface area contributed by atoms with E-state index >= 15 is 0 Å². The van der Waals surface area contributed by atoms with E-state index in [2.05, 4.69) is 32.7 Å². The fourth-order valence-corrected chi connectivity index (χ4v) is 2.66. The van der Waals surface area contributed by atoms with Gasteiger partial charge in [-0.25, -0.2) is 4.79 Å². The molecule has 0 bridgehead atoms. The quantitative estimate of drug-likeness (QED) is 0.708. The van der Waals surface area contributed by atoms with Crippen molar-refractivity contribution in [1.29, 1.82) is 0 Å². The summed E-state index contributed by atoms with van der Waals surface area (Å²) in [5.74, 6) is 0. The first-order valence-corrected chi connectivity index (χ1v) is 8.50. The first-order valence-electron chi connectivity index (χ1n) is 8.50. The van der Waals surface area contributed by atoms with E-state index in [4.69, 9.17) is 0 Å². The second-order valence-electron chi connectivity index (χ2n) is 6.02. The van der Waals surface area contributed by atoms with Crippen molar-refractivity contribution in [3.05, 3.63) is 90.3 Å². The average Bonchev–Trinajstić information content (AvgIpc) is 2.69. The highest BCUT2D eigenvalue weighted by Crippen LogP contribution is 2.20. The molecule has 1 heterocycles. The molecule has 1 aromatic heterocycles. The average molecular weight is 346 g/mol. The third-order valence-electron chi connectivity index (χ3n) is 4.05. The largest absolute Gasteiger partial charge is 0.370 e. The Bertz CT molecular complexity index is 837. The fraction of sp³-hybridized carbons (Fsp3) is 0.143. The van der Waals surface area contributed by atoms with Crippen LogP contribution in [0.1, 0.15) is 11.1 Å². The van der Waals surface area contributed by atoms with E-state index < -0.39 is 0 Å². The van der Waals surface area contributed by atoms with E-state index in [0.717, 1.165) is 22.5 Å². The highest BCUT2D eigenvalue weighted by Gasteiger charge is 2.09. The number of nitrogens with zero attached hydrogens (tertiary/aromatic N) is 2. The molecule has 2 N–H and O–H groups in total. The van der Waals surface area contributed by atoms with Gasteiger partial charge in [-0.05, 0) is 35.4 Å². The molecule has 0 fully saturated rings. The monoisotopic (exact) mass is 346 g/mol. The molecule has 0 unspecified atom stereocenters. The van der Waals surface area contributed by atoms with Gasteiger partial charge < -0.3 is 15.5 Å². The van der Waals surface area contributed by atoms with E-state index in [1.807, 2.05) is 61.6 Å². The molecule has 0 aliphatic rings. The van der Waals surface area contributed by atoms with Crippen molar-refractivity contribution in [3.63, 3.8) is 0 Å². The normalized spacial score (nSPS) is 10.2. The van der Waals surface area contributed by atoms with Crippen molar-refractivity contribution < 1.29 is 4.79 Å². The van der Waals surface area contributed by atoms with Crippen molar-refractivity contribution in [3.8, 4) is 0 Å². The fourth-order valence-electron chi connectivity index (χ4n) is 2.66. The second-order valence-corrected chi connectivity index (χ2v) is 6.02. The van der Waals surface area contributed by atoms with Crippen LogP contribution in [0.5, 0.6) is 0 Å². The molecule has 3 rings (SSSR count). The van der Waals surface area contributed by atoms with Gasteiger partial charge >= 0.3 is 6.03 Å². The molecule has 0 saturated heterocycles. The Labute approximate surface area is 153 Å². The molecule has 0 saturated carbocycles. The van der Waals surface area contributed by atoms with Gasteiger partial charge in [-0.15, -0.1) is 0 Å². The van der Waals surface area contributed by atoms with Gasteiger partial charge in [0.1, 0.15) is 0 Å². The van der Waals surface area contributed by atoms with E-state index in [9.17, 15) is 4.79 Å². The smallest absolute Gasteiger partial charge is 0.319 e. The van der Waals surface area contributed by atoms with E-state index in [-0.39, 0.29) is 6.03 Å². The molecule has 132 valence electrons. The maximum Gasteiger partial charge on any atom is 0.319 e. The van der Waals surface area contributed by atoms with Gasteiger partial charge in [0, 0.05) is 43.9 Å². The Morgan fingerprint density at radius 2 is 1.77 bits per heavy atom. The van der Waals surface area contributed by atoms with Crippen molar-refractivity contribution >= 4 is 17.4 Å². The van der Waals surface area contributed by atoms with Crippen molar-refractivity contribution in [2.24, 2.45) is 0 Å². The molecule has 5 nitrogen and oxygen atoms in total. The molecule has 0 aliphatic carbocycles. The number of nitrogens with one attached hydrogen (secondary N) is 2. The van der Waals surface area contributed by atoms with Gasteiger partial charge in [-0.1, -0.05) is 42.5 Å². The third-order valence-corrected chi connectivity index (χ3v) is 4.05. The van der Waals surface area contributed by atoms with Crippen LogP contribution in [-0.2, 0) is 13.1 Å². The summed E-state index contributed by atoms with van der Waals surface area (Å²) < 4.78 is 0. The van der Waals surface area contributed by atoms with Crippen LogP contribution in [0.25, 0.3) is 0 Å². The van der Waals surface area contributed by atoms with Crippen LogP contribution in [-0.4, -0.2) is 18.1 Å². The van der Waals surface area contributed by atoms with Crippen LogP contribution >= 0.6 is 0 Å². The number of rotatable bonds is 6. The minimum Gasteiger partial charge on any atom is -0.370 e. The summed E-state index contributed by atoms with van der Waals surface area (Å²) in [7, 11) is 2.04. The number of carbonyl (C=O) groups is 1. The summed E-state index contributed by atoms with van der Waals surface area (Å²) in [5, 5.41) is 5.80. The topological polar surface area (TPSA) is 57.3 Å². The van der Waals surface area contributed by atoms with Gasteiger partial charge in [0.05, 0.1) is 0 Å². The summed E-state index contributed by atoms with van der Waals surface area (Å²) in [4.78, 5) is 18.4. The van der Waals surface area contributed by atoms with Crippen LogP contribution in [0.2, 0.25) is 0 Å². The van der Waals surface area contributed by atoms with Gasteiger partial charge in [0.25, 0.3) is 0 Å². The molecule has 2 aromatic carbocycles.